The molecule has 1 aliphatic rings. The summed E-state index contributed by atoms with van der Waals surface area (Å²) in [6.45, 7) is 5.92. The number of ether oxygens (including phenoxy) is 2. The highest BCUT2D eigenvalue weighted by molar-refractivity contribution is 5.85. The number of benzene rings is 1. The van der Waals surface area contributed by atoms with E-state index in [1.807, 2.05) is 26.0 Å². The second-order valence-corrected chi connectivity index (χ2v) is 5.35. The lowest BCUT2D eigenvalue weighted by Gasteiger charge is -2.29. The number of hydrogen-bond donors (Lipinski definition) is 2. The van der Waals surface area contributed by atoms with Gasteiger partial charge in [-0.3, -0.25) is 4.79 Å². The molecule has 2 atom stereocenters. The molecule has 1 aromatic rings. The van der Waals surface area contributed by atoms with Gasteiger partial charge < -0.3 is 20.1 Å². The van der Waals surface area contributed by atoms with Crippen LogP contribution >= 0.6 is 12.4 Å². The molecule has 22 heavy (non-hydrogen) atoms. The number of aryl methyl sites for hydroxylation is 1. The van der Waals surface area contributed by atoms with Crippen LogP contribution in [0.4, 0.5) is 0 Å². The predicted octanol–water partition coefficient (Wildman–Crippen LogP) is 1.46. The largest absolute Gasteiger partial charge is 0.496 e. The lowest BCUT2D eigenvalue weighted by Crippen LogP contribution is -2.55. The van der Waals surface area contributed by atoms with E-state index in [0.717, 1.165) is 29.8 Å². The van der Waals surface area contributed by atoms with Crippen LogP contribution in [-0.4, -0.2) is 44.9 Å². The molecule has 124 valence electrons. The fourth-order valence-electron chi connectivity index (χ4n) is 2.49. The molecular formula is C16H25ClN2O3. The molecule has 0 bridgehead atoms. The summed E-state index contributed by atoms with van der Waals surface area (Å²) >= 11 is 0. The number of morpholine rings is 1. The molecule has 1 fully saturated rings. The normalized spacial score (nSPS) is 20.9. The summed E-state index contributed by atoms with van der Waals surface area (Å²) in [5, 5.41) is 6.15. The minimum Gasteiger partial charge on any atom is -0.496 e. The molecule has 6 heteroatoms. The first-order valence-electron chi connectivity index (χ1n) is 7.38. The molecule has 1 saturated heterocycles. The van der Waals surface area contributed by atoms with Crippen molar-refractivity contribution in [2.24, 2.45) is 0 Å². The SMILES string of the molecule is COc1cc(CCNC(=O)[C@H]2NCCO[C@@H]2C)ccc1C.Cl. The molecule has 0 unspecified atom stereocenters. The van der Waals surface area contributed by atoms with E-state index in [2.05, 4.69) is 16.7 Å². The van der Waals surface area contributed by atoms with Gasteiger partial charge in [-0.05, 0) is 37.5 Å². The summed E-state index contributed by atoms with van der Waals surface area (Å²) in [7, 11) is 1.67. The number of halogens is 1. The van der Waals surface area contributed by atoms with Crippen LogP contribution in [0.2, 0.25) is 0 Å². The Bertz CT molecular complexity index is 496. The van der Waals surface area contributed by atoms with Crippen molar-refractivity contribution in [1.29, 1.82) is 0 Å². The van der Waals surface area contributed by atoms with E-state index in [1.54, 1.807) is 7.11 Å². The maximum atomic E-state index is 12.1. The van der Waals surface area contributed by atoms with Gasteiger partial charge in [0.25, 0.3) is 0 Å². The van der Waals surface area contributed by atoms with Crippen LogP contribution in [-0.2, 0) is 16.0 Å². The summed E-state index contributed by atoms with van der Waals surface area (Å²) < 4.78 is 10.8. The zero-order valence-corrected chi connectivity index (χ0v) is 14.2. The summed E-state index contributed by atoms with van der Waals surface area (Å²) in [6.07, 6.45) is 0.697. The molecule has 2 rings (SSSR count). The summed E-state index contributed by atoms with van der Waals surface area (Å²) in [5.41, 5.74) is 2.27. The van der Waals surface area contributed by atoms with Crippen LogP contribution in [0.15, 0.2) is 18.2 Å². The molecule has 1 aromatic carbocycles. The molecule has 2 N–H and O–H groups in total. The van der Waals surface area contributed by atoms with Crippen molar-refractivity contribution in [1.82, 2.24) is 10.6 Å². The first-order valence-corrected chi connectivity index (χ1v) is 7.38. The molecule has 5 nitrogen and oxygen atoms in total. The van der Waals surface area contributed by atoms with E-state index in [0.29, 0.717) is 13.2 Å². The van der Waals surface area contributed by atoms with Crippen molar-refractivity contribution in [3.63, 3.8) is 0 Å². The monoisotopic (exact) mass is 328 g/mol. The third kappa shape index (κ3) is 4.87. The Balaban J connectivity index is 0.00000242. The zero-order chi connectivity index (χ0) is 15.2. The second kappa shape index (κ2) is 8.98. The van der Waals surface area contributed by atoms with E-state index in [1.165, 1.54) is 0 Å². The van der Waals surface area contributed by atoms with Gasteiger partial charge >= 0.3 is 0 Å². The topological polar surface area (TPSA) is 59.6 Å². The standard InChI is InChI=1S/C16H24N2O3.ClH/c1-11-4-5-13(10-14(11)20-3)6-7-18-16(19)15-12(2)21-9-8-17-15;/h4-5,10,12,15,17H,6-9H2,1-3H3,(H,18,19);1H/t12-,15+;/m1./s1. The van der Waals surface area contributed by atoms with Gasteiger partial charge in [0.15, 0.2) is 0 Å². The predicted molar refractivity (Wildman–Crippen MR) is 88.9 cm³/mol. The van der Waals surface area contributed by atoms with E-state index >= 15 is 0 Å². The van der Waals surface area contributed by atoms with Gasteiger partial charge in [0.2, 0.25) is 5.91 Å². The average molecular weight is 329 g/mol. The number of carbonyl (C=O) groups is 1. The van der Waals surface area contributed by atoms with Crippen molar-refractivity contribution in [3.8, 4) is 5.75 Å². The smallest absolute Gasteiger partial charge is 0.239 e. The Kier molecular flexibility index (Phi) is 7.65. The third-order valence-electron chi connectivity index (χ3n) is 3.78. The highest BCUT2D eigenvalue weighted by Crippen LogP contribution is 2.19. The first-order chi connectivity index (χ1) is 10.1. The molecule has 0 saturated carbocycles. The fraction of sp³-hybridized carbons (Fsp3) is 0.562. The van der Waals surface area contributed by atoms with E-state index in [-0.39, 0.29) is 30.5 Å². The highest BCUT2D eigenvalue weighted by atomic mass is 35.5. The minimum absolute atomic E-state index is 0. The minimum atomic E-state index is -0.258. The molecule has 1 aliphatic heterocycles. The summed E-state index contributed by atoms with van der Waals surface area (Å²) in [4.78, 5) is 12.1. The quantitative estimate of drug-likeness (QED) is 0.859. The number of nitrogens with one attached hydrogen (secondary N) is 2. The number of rotatable bonds is 5. The van der Waals surface area contributed by atoms with Gasteiger partial charge in [0, 0.05) is 13.1 Å². The Morgan fingerprint density at radius 3 is 2.95 bits per heavy atom. The average Bonchev–Trinajstić information content (AvgIpc) is 2.49. The lowest BCUT2D eigenvalue weighted by molar-refractivity contribution is -0.128. The maximum absolute atomic E-state index is 12.1. The van der Waals surface area contributed by atoms with Gasteiger partial charge in [-0.15, -0.1) is 12.4 Å². The van der Waals surface area contributed by atoms with Crippen molar-refractivity contribution in [3.05, 3.63) is 29.3 Å². The van der Waals surface area contributed by atoms with Crippen LogP contribution in [0.5, 0.6) is 5.75 Å². The molecule has 1 heterocycles. The first kappa shape index (κ1) is 18.7. The van der Waals surface area contributed by atoms with Gasteiger partial charge in [0.1, 0.15) is 11.8 Å². The number of hydrogen-bond acceptors (Lipinski definition) is 4. The third-order valence-corrected chi connectivity index (χ3v) is 3.78. The van der Waals surface area contributed by atoms with Crippen LogP contribution in [0.25, 0.3) is 0 Å². The molecule has 0 aliphatic carbocycles. The summed E-state index contributed by atoms with van der Waals surface area (Å²) in [6, 6.07) is 5.86. The van der Waals surface area contributed by atoms with Crippen LogP contribution in [0.3, 0.4) is 0 Å². The molecule has 0 radical (unpaired) electrons. The van der Waals surface area contributed by atoms with Crippen LogP contribution in [0, 0.1) is 6.92 Å². The zero-order valence-electron chi connectivity index (χ0n) is 13.3. The van der Waals surface area contributed by atoms with E-state index in [9.17, 15) is 4.79 Å². The van der Waals surface area contributed by atoms with Crippen LogP contribution in [0.1, 0.15) is 18.1 Å². The fourth-order valence-corrected chi connectivity index (χ4v) is 2.49. The highest BCUT2D eigenvalue weighted by Gasteiger charge is 2.27. The van der Waals surface area contributed by atoms with E-state index < -0.39 is 0 Å². The Hall–Kier alpha value is -1.30. The van der Waals surface area contributed by atoms with Crippen molar-refractivity contribution in [2.45, 2.75) is 32.4 Å². The number of carbonyl (C=O) groups excluding carboxylic acids is 1. The maximum Gasteiger partial charge on any atom is 0.239 e. The summed E-state index contributed by atoms with van der Waals surface area (Å²) in [5.74, 6) is 0.885. The molecule has 0 spiro atoms. The Morgan fingerprint density at radius 1 is 1.50 bits per heavy atom. The van der Waals surface area contributed by atoms with Crippen molar-refractivity contribution < 1.29 is 14.3 Å². The number of amides is 1. The number of methoxy groups -OCH3 is 1. The molecule has 0 aromatic heterocycles. The van der Waals surface area contributed by atoms with Crippen LogP contribution < -0.4 is 15.4 Å². The lowest BCUT2D eigenvalue weighted by atomic mass is 10.1. The Morgan fingerprint density at radius 2 is 2.27 bits per heavy atom. The van der Waals surface area contributed by atoms with Gasteiger partial charge in [-0.25, -0.2) is 0 Å². The van der Waals surface area contributed by atoms with Gasteiger partial charge in [-0.2, -0.15) is 0 Å². The Labute approximate surface area is 138 Å². The van der Waals surface area contributed by atoms with E-state index in [4.69, 9.17) is 9.47 Å². The van der Waals surface area contributed by atoms with Crippen molar-refractivity contribution in [2.75, 3.05) is 26.8 Å². The van der Waals surface area contributed by atoms with Gasteiger partial charge in [0.05, 0.1) is 19.8 Å². The van der Waals surface area contributed by atoms with Gasteiger partial charge in [-0.1, -0.05) is 12.1 Å². The molecule has 1 amide bonds. The molecular weight excluding hydrogens is 304 g/mol. The second-order valence-electron chi connectivity index (χ2n) is 5.35. The van der Waals surface area contributed by atoms with Crippen molar-refractivity contribution >= 4 is 18.3 Å².